The second kappa shape index (κ2) is 14.2. The number of nitrogens with zero attached hydrogens (tertiary/aromatic N) is 1. The zero-order chi connectivity index (χ0) is 42.5. The summed E-state index contributed by atoms with van der Waals surface area (Å²) >= 11 is 0. The van der Waals surface area contributed by atoms with Crippen molar-refractivity contribution < 1.29 is 0 Å². The van der Waals surface area contributed by atoms with E-state index in [1.54, 1.807) is 0 Å². The number of benzene rings is 9. The molecule has 0 saturated carbocycles. The van der Waals surface area contributed by atoms with Crippen LogP contribution in [0.25, 0.3) is 66.1 Å². The Morgan fingerprint density at radius 1 is 0.429 bits per heavy atom. The minimum atomic E-state index is -0.0658. The van der Waals surface area contributed by atoms with E-state index in [1.165, 1.54) is 99.6 Å². The number of hydrogen-bond donors (Lipinski definition) is 0. The maximum absolute atomic E-state index is 2.49. The van der Waals surface area contributed by atoms with Crippen LogP contribution in [-0.2, 0) is 10.8 Å². The van der Waals surface area contributed by atoms with Gasteiger partial charge in [0.05, 0.1) is 0 Å². The Labute approximate surface area is 371 Å². The van der Waals surface area contributed by atoms with E-state index in [-0.39, 0.29) is 10.8 Å². The third kappa shape index (κ3) is 5.90. The molecular weight excluding hydrogens is 759 g/mol. The fourth-order valence-corrected chi connectivity index (χ4v) is 11.3. The Morgan fingerprint density at radius 2 is 0.984 bits per heavy atom. The molecule has 9 aromatic carbocycles. The van der Waals surface area contributed by atoms with Crippen molar-refractivity contribution >= 4 is 32.9 Å². The smallest absolute Gasteiger partial charge is 0.0461 e. The third-order valence-electron chi connectivity index (χ3n) is 14.7. The van der Waals surface area contributed by atoms with E-state index in [4.69, 9.17) is 0 Å². The Hall–Kier alpha value is -7.22. The first-order chi connectivity index (χ1) is 30.7. The van der Waals surface area contributed by atoms with E-state index in [2.05, 4.69) is 239 Å². The monoisotopic (exact) mass is 807 g/mol. The van der Waals surface area contributed by atoms with Crippen molar-refractivity contribution in [1.82, 2.24) is 0 Å². The molecule has 0 heterocycles. The summed E-state index contributed by atoms with van der Waals surface area (Å²) in [4.78, 5) is 2.46. The molecule has 1 unspecified atom stereocenters. The Bertz CT molecular complexity index is 3340. The van der Waals surface area contributed by atoms with Crippen LogP contribution in [0.1, 0.15) is 62.3 Å². The Balaban J connectivity index is 0.913. The van der Waals surface area contributed by atoms with Gasteiger partial charge in [-0.2, -0.15) is 0 Å². The summed E-state index contributed by atoms with van der Waals surface area (Å²) in [5.74, 6) is 0.415. The molecule has 1 nitrogen and oxygen atoms in total. The molecule has 0 aliphatic heterocycles. The molecular formula is C62H49N. The first-order valence-corrected chi connectivity index (χ1v) is 22.5. The predicted octanol–water partition coefficient (Wildman–Crippen LogP) is 16.7. The molecule has 0 amide bonds. The van der Waals surface area contributed by atoms with Crippen LogP contribution in [0.3, 0.4) is 0 Å². The fraction of sp³-hybridized carbons (Fsp3) is 0.129. The van der Waals surface area contributed by atoms with E-state index in [0.29, 0.717) is 5.92 Å². The number of allylic oxidation sites excluding steroid dienone is 3. The SMILES string of the molecule is CC1(C)C2=CC(N(c3ccc(-c4ccc(-c5c6c(cc7ccccc57)C(C)(C)c5ccccc5-6)cc4)cc3)c3ccc(-c4ccc5ccccc5c4)cc3)=CCC2c2ccccc21. The summed E-state index contributed by atoms with van der Waals surface area (Å²) in [5.41, 5.74) is 20.8. The highest BCUT2D eigenvalue weighted by atomic mass is 15.1. The van der Waals surface area contributed by atoms with Crippen LogP contribution in [-0.4, -0.2) is 0 Å². The molecule has 9 aromatic rings. The molecule has 0 radical (unpaired) electrons. The quantitative estimate of drug-likeness (QED) is 0.162. The molecule has 3 aliphatic carbocycles. The summed E-state index contributed by atoms with van der Waals surface area (Å²) < 4.78 is 0. The largest absolute Gasteiger partial charge is 0.311 e. The van der Waals surface area contributed by atoms with Crippen LogP contribution in [0, 0.1) is 0 Å². The van der Waals surface area contributed by atoms with E-state index in [0.717, 1.165) is 17.8 Å². The number of fused-ring (bicyclic) bond motifs is 8. The van der Waals surface area contributed by atoms with Gasteiger partial charge in [-0.1, -0.05) is 197 Å². The van der Waals surface area contributed by atoms with E-state index < -0.39 is 0 Å². The van der Waals surface area contributed by atoms with Gasteiger partial charge in [-0.25, -0.2) is 0 Å². The lowest BCUT2D eigenvalue weighted by atomic mass is 9.78. The predicted molar refractivity (Wildman–Crippen MR) is 267 cm³/mol. The van der Waals surface area contributed by atoms with Crippen molar-refractivity contribution in [1.29, 1.82) is 0 Å². The highest BCUT2D eigenvalue weighted by molar-refractivity contribution is 6.08. The van der Waals surface area contributed by atoms with E-state index in [1.807, 2.05) is 0 Å². The van der Waals surface area contributed by atoms with Gasteiger partial charge in [-0.15, -0.1) is 0 Å². The molecule has 0 spiro atoms. The average Bonchev–Trinajstić information content (AvgIpc) is 3.70. The van der Waals surface area contributed by atoms with Crippen molar-refractivity contribution in [3.8, 4) is 44.5 Å². The van der Waals surface area contributed by atoms with Crippen LogP contribution in [0.4, 0.5) is 11.4 Å². The summed E-state index contributed by atoms with van der Waals surface area (Å²) in [6, 6.07) is 72.4. The summed E-state index contributed by atoms with van der Waals surface area (Å²) in [5, 5.41) is 5.12. The fourth-order valence-electron chi connectivity index (χ4n) is 11.3. The van der Waals surface area contributed by atoms with Gasteiger partial charge in [-0.3, -0.25) is 0 Å². The standard InChI is InChI=1S/C62H49N/c1-61(2)55-19-11-9-17-52(55)53-36-35-50(39-57(53)61)63(49-33-29-43(30-34-49)46-26-23-40-13-5-6-14-45(40)37-46)48-31-27-42(28-32-48)41-21-24-44(25-22-41)59-51-16-8-7-15-47(51)38-58-60(59)54-18-10-12-20-56(54)62(58,3)4/h5-35,37-39,53H,36H2,1-4H3. The zero-order valence-corrected chi connectivity index (χ0v) is 36.4. The lowest BCUT2D eigenvalue weighted by molar-refractivity contribution is 0.609. The van der Waals surface area contributed by atoms with Crippen LogP contribution < -0.4 is 4.90 Å². The lowest BCUT2D eigenvalue weighted by Crippen LogP contribution is -2.22. The van der Waals surface area contributed by atoms with Gasteiger partial charge in [0, 0.05) is 33.8 Å². The van der Waals surface area contributed by atoms with Gasteiger partial charge in [0.25, 0.3) is 0 Å². The van der Waals surface area contributed by atoms with E-state index >= 15 is 0 Å². The molecule has 1 heteroatoms. The van der Waals surface area contributed by atoms with Crippen LogP contribution >= 0.6 is 0 Å². The third-order valence-corrected chi connectivity index (χ3v) is 14.7. The Kier molecular flexibility index (Phi) is 8.44. The first-order valence-electron chi connectivity index (χ1n) is 22.5. The molecule has 0 bridgehead atoms. The van der Waals surface area contributed by atoms with Gasteiger partial charge >= 0.3 is 0 Å². The maximum Gasteiger partial charge on any atom is 0.0461 e. The molecule has 1 atom stereocenters. The van der Waals surface area contributed by atoms with Gasteiger partial charge < -0.3 is 4.90 Å². The number of anilines is 2. The highest BCUT2D eigenvalue weighted by Gasteiger charge is 2.42. The van der Waals surface area contributed by atoms with Crippen LogP contribution in [0.15, 0.2) is 218 Å². The van der Waals surface area contributed by atoms with Gasteiger partial charge in [0.15, 0.2) is 0 Å². The van der Waals surface area contributed by atoms with E-state index in [9.17, 15) is 0 Å². The number of hydrogen-bond acceptors (Lipinski definition) is 1. The Morgan fingerprint density at radius 3 is 1.71 bits per heavy atom. The minimum absolute atomic E-state index is 0.0336. The molecule has 0 aromatic heterocycles. The van der Waals surface area contributed by atoms with Crippen molar-refractivity contribution in [3.63, 3.8) is 0 Å². The molecule has 0 fully saturated rings. The van der Waals surface area contributed by atoms with Crippen molar-refractivity contribution in [3.05, 3.63) is 240 Å². The molecule has 12 rings (SSSR count). The zero-order valence-electron chi connectivity index (χ0n) is 36.4. The van der Waals surface area contributed by atoms with Crippen molar-refractivity contribution in [2.24, 2.45) is 0 Å². The summed E-state index contributed by atoms with van der Waals surface area (Å²) in [6.45, 7) is 9.55. The number of rotatable bonds is 6. The van der Waals surface area contributed by atoms with Gasteiger partial charge in [-0.05, 0) is 137 Å². The molecule has 3 aliphatic rings. The van der Waals surface area contributed by atoms with Crippen LogP contribution in [0.5, 0.6) is 0 Å². The topological polar surface area (TPSA) is 3.24 Å². The maximum atomic E-state index is 2.49. The minimum Gasteiger partial charge on any atom is -0.311 e. The lowest BCUT2D eigenvalue weighted by Gasteiger charge is -2.33. The first kappa shape index (κ1) is 37.5. The molecule has 0 saturated heterocycles. The van der Waals surface area contributed by atoms with Crippen molar-refractivity contribution in [2.75, 3.05) is 4.90 Å². The normalized spacial score (nSPS) is 16.5. The highest BCUT2D eigenvalue weighted by Crippen LogP contribution is 2.56. The van der Waals surface area contributed by atoms with Gasteiger partial charge in [0.1, 0.15) is 0 Å². The second-order valence-electron chi connectivity index (χ2n) is 18.9. The second-order valence-corrected chi connectivity index (χ2v) is 18.9. The molecule has 302 valence electrons. The van der Waals surface area contributed by atoms with Gasteiger partial charge in [0.2, 0.25) is 0 Å². The summed E-state index contributed by atoms with van der Waals surface area (Å²) in [6.07, 6.45) is 5.93. The van der Waals surface area contributed by atoms with Crippen molar-refractivity contribution in [2.45, 2.75) is 50.9 Å². The van der Waals surface area contributed by atoms with Crippen LogP contribution in [0.2, 0.25) is 0 Å². The molecule has 63 heavy (non-hydrogen) atoms. The molecule has 0 N–H and O–H groups in total. The summed E-state index contributed by atoms with van der Waals surface area (Å²) in [7, 11) is 0. The average molecular weight is 808 g/mol.